The number of hydrogen-bond acceptors (Lipinski definition) is 1. The van der Waals surface area contributed by atoms with Gasteiger partial charge in [0.2, 0.25) is 0 Å². The second kappa shape index (κ2) is 3.11. The Balaban J connectivity index is 2.31. The van der Waals surface area contributed by atoms with Crippen LogP contribution in [0.3, 0.4) is 0 Å². The Morgan fingerprint density at radius 1 is 1.06 bits per heavy atom. The molecule has 2 heterocycles. The van der Waals surface area contributed by atoms with Gasteiger partial charge in [-0.15, -0.1) is 0 Å². The van der Waals surface area contributed by atoms with Gasteiger partial charge in [-0.2, -0.15) is 0 Å². The van der Waals surface area contributed by atoms with Crippen LogP contribution in [-0.2, 0) is 6.67 Å². The Kier molecular flexibility index (Phi) is 1.69. The van der Waals surface area contributed by atoms with E-state index in [2.05, 4.69) is 59.3 Å². The van der Waals surface area contributed by atoms with Crippen molar-refractivity contribution in [3.8, 4) is 0 Å². The SMILES string of the molecule is CC1NCn2c3ccccc3c3cccc1c32. The van der Waals surface area contributed by atoms with E-state index in [1.165, 1.54) is 27.4 Å². The lowest BCUT2D eigenvalue weighted by Gasteiger charge is -2.23. The Hall–Kier alpha value is -1.80. The quantitative estimate of drug-likeness (QED) is 0.616. The maximum absolute atomic E-state index is 3.54. The lowest BCUT2D eigenvalue weighted by atomic mass is 10.0. The van der Waals surface area contributed by atoms with E-state index in [-0.39, 0.29) is 0 Å². The van der Waals surface area contributed by atoms with Crippen LogP contribution in [0.5, 0.6) is 0 Å². The third-order valence-corrected chi connectivity index (χ3v) is 3.84. The predicted molar refractivity (Wildman–Crippen MR) is 71.0 cm³/mol. The second-order valence-electron chi connectivity index (χ2n) is 4.77. The summed E-state index contributed by atoms with van der Waals surface area (Å²) in [6.07, 6.45) is 0. The molecule has 17 heavy (non-hydrogen) atoms. The first-order chi connectivity index (χ1) is 8.36. The van der Waals surface area contributed by atoms with E-state index in [1.54, 1.807) is 0 Å². The van der Waals surface area contributed by atoms with E-state index in [4.69, 9.17) is 0 Å². The number of nitrogens with one attached hydrogen (secondary N) is 1. The van der Waals surface area contributed by atoms with Crippen molar-refractivity contribution in [3.63, 3.8) is 0 Å². The standard InChI is InChI=1S/C15H14N2/c1-10-11-6-4-7-13-12-5-2-3-8-14(12)17(9-16-10)15(11)13/h2-8,10,16H,9H2,1H3. The van der Waals surface area contributed by atoms with E-state index in [9.17, 15) is 0 Å². The highest BCUT2D eigenvalue weighted by atomic mass is 15.2. The van der Waals surface area contributed by atoms with Crippen molar-refractivity contribution in [2.24, 2.45) is 0 Å². The van der Waals surface area contributed by atoms with Gasteiger partial charge in [0, 0.05) is 16.8 Å². The van der Waals surface area contributed by atoms with Gasteiger partial charge in [-0.05, 0) is 18.6 Å². The van der Waals surface area contributed by atoms with E-state index in [0.717, 1.165) is 6.67 Å². The molecule has 3 aromatic rings. The van der Waals surface area contributed by atoms with Gasteiger partial charge in [-0.25, -0.2) is 0 Å². The molecule has 84 valence electrons. The van der Waals surface area contributed by atoms with Crippen molar-refractivity contribution in [2.45, 2.75) is 19.6 Å². The number of aromatic nitrogens is 1. The first kappa shape index (κ1) is 9.25. The van der Waals surface area contributed by atoms with Crippen LogP contribution in [0.2, 0.25) is 0 Å². The van der Waals surface area contributed by atoms with E-state index in [1.807, 2.05) is 0 Å². The summed E-state index contributed by atoms with van der Waals surface area (Å²) < 4.78 is 2.39. The normalized spacial score (nSPS) is 19.0. The molecule has 0 amide bonds. The molecule has 0 aliphatic carbocycles. The van der Waals surface area contributed by atoms with Crippen molar-refractivity contribution in [2.75, 3.05) is 0 Å². The molecule has 1 aliphatic rings. The smallest absolute Gasteiger partial charge is 0.0736 e. The number of rotatable bonds is 0. The Morgan fingerprint density at radius 3 is 2.82 bits per heavy atom. The fraction of sp³-hybridized carbons (Fsp3) is 0.200. The van der Waals surface area contributed by atoms with Gasteiger partial charge < -0.3 is 4.57 Å². The Morgan fingerprint density at radius 2 is 1.88 bits per heavy atom. The van der Waals surface area contributed by atoms with Crippen molar-refractivity contribution >= 4 is 21.8 Å². The maximum atomic E-state index is 3.54. The first-order valence-electron chi connectivity index (χ1n) is 6.09. The first-order valence-corrected chi connectivity index (χ1v) is 6.09. The minimum Gasteiger partial charge on any atom is -0.327 e. The predicted octanol–water partition coefficient (Wildman–Crippen LogP) is 3.42. The molecule has 0 spiro atoms. The van der Waals surface area contributed by atoms with Crippen LogP contribution in [-0.4, -0.2) is 4.57 Å². The van der Waals surface area contributed by atoms with Gasteiger partial charge in [-0.3, -0.25) is 5.32 Å². The van der Waals surface area contributed by atoms with Gasteiger partial charge >= 0.3 is 0 Å². The number of nitrogens with zero attached hydrogens (tertiary/aromatic N) is 1. The average molecular weight is 222 g/mol. The summed E-state index contributed by atoms with van der Waals surface area (Å²) in [5, 5.41) is 6.28. The maximum Gasteiger partial charge on any atom is 0.0736 e. The lowest BCUT2D eigenvalue weighted by Crippen LogP contribution is -2.27. The molecule has 1 aliphatic heterocycles. The zero-order valence-electron chi connectivity index (χ0n) is 9.77. The summed E-state index contributed by atoms with van der Waals surface area (Å²) in [5.41, 5.74) is 4.14. The highest BCUT2D eigenvalue weighted by Gasteiger charge is 2.20. The summed E-state index contributed by atoms with van der Waals surface area (Å²) >= 11 is 0. The van der Waals surface area contributed by atoms with Crippen molar-refractivity contribution in [1.82, 2.24) is 9.88 Å². The molecule has 1 unspecified atom stereocenters. The van der Waals surface area contributed by atoms with Crippen LogP contribution < -0.4 is 5.32 Å². The number of para-hydroxylation sites is 2. The summed E-state index contributed by atoms with van der Waals surface area (Å²) in [7, 11) is 0. The highest BCUT2D eigenvalue weighted by Crippen LogP contribution is 2.35. The number of benzene rings is 2. The van der Waals surface area contributed by atoms with Gasteiger partial charge in [0.1, 0.15) is 0 Å². The number of hydrogen-bond donors (Lipinski definition) is 1. The van der Waals surface area contributed by atoms with E-state index >= 15 is 0 Å². The minimum atomic E-state index is 0.440. The fourth-order valence-corrected chi connectivity index (χ4v) is 2.99. The molecular formula is C15H14N2. The largest absolute Gasteiger partial charge is 0.327 e. The molecule has 1 N–H and O–H groups in total. The van der Waals surface area contributed by atoms with Crippen LogP contribution in [0, 0.1) is 0 Å². The summed E-state index contributed by atoms with van der Waals surface area (Å²) in [4.78, 5) is 0. The Bertz CT molecular complexity index is 724. The third kappa shape index (κ3) is 1.08. The lowest BCUT2D eigenvalue weighted by molar-refractivity contribution is 0.483. The van der Waals surface area contributed by atoms with Crippen molar-refractivity contribution < 1.29 is 0 Å². The molecule has 0 bridgehead atoms. The molecule has 0 fully saturated rings. The van der Waals surface area contributed by atoms with Crippen LogP contribution in [0.25, 0.3) is 21.8 Å². The zero-order valence-corrected chi connectivity index (χ0v) is 9.77. The minimum absolute atomic E-state index is 0.440. The summed E-state index contributed by atoms with van der Waals surface area (Å²) in [5.74, 6) is 0. The zero-order chi connectivity index (χ0) is 11.4. The molecular weight excluding hydrogens is 208 g/mol. The fourth-order valence-electron chi connectivity index (χ4n) is 2.99. The summed E-state index contributed by atoms with van der Waals surface area (Å²) in [6, 6.07) is 15.7. The number of fused-ring (bicyclic) bond motifs is 3. The third-order valence-electron chi connectivity index (χ3n) is 3.84. The van der Waals surface area contributed by atoms with Gasteiger partial charge in [-0.1, -0.05) is 36.4 Å². The van der Waals surface area contributed by atoms with Crippen molar-refractivity contribution in [1.29, 1.82) is 0 Å². The van der Waals surface area contributed by atoms with Crippen LogP contribution in [0.4, 0.5) is 0 Å². The molecule has 0 saturated heterocycles. The van der Waals surface area contributed by atoms with E-state index < -0.39 is 0 Å². The molecule has 4 rings (SSSR count). The molecule has 1 atom stereocenters. The van der Waals surface area contributed by atoms with Crippen LogP contribution >= 0.6 is 0 Å². The molecule has 1 aromatic heterocycles. The van der Waals surface area contributed by atoms with Crippen LogP contribution in [0.1, 0.15) is 18.5 Å². The molecule has 0 saturated carbocycles. The molecule has 0 radical (unpaired) electrons. The second-order valence-corrected chi connectivity index (χ2v) is 4.77. The van der Waals surface area contributed by atoms with Crippen molar-refractivity contribution in [3.05, 3.63) is 48.0 Å². The Labute approximate surface area is 99.9 Å². The van der Waals surface area contributed by atoms with Gasteiger partial charge in [0.15, 0.2) is 0 Å². The van der Waals surface area contributed by atoms with Gasteiger partial charge in [0.25, 0.3) is 0 Å². The van der Waals surface area contributed by atoms with Crippen LogP contribution in [0.15, 0.2) is 42.5 Å². The average Bonchev–Trinajstić information content (AvgIpc) is 2.70. The topological polar surface area (TPSA) is 17.0 Å². The molecule has 2 aromatic carbocycles. The molecule has 2 nitrogen and oxygen atoms in total. The van der Waals surface area contributed by atoms with Gasteiger partial charge in [0.05, 0.1) is 17.7 Å². The highest BCUT2D eigenvalue weighted by molar-refractivity contribution is 6.09. The molecule has 2 heteroatoms. The summed E-state index contributed by atoms with van der Waals surface area (Å²) in [6.45, 7) is 3.14. The monoisotopic (exact) mass is 222 g/mol. The van der Waals surface area contributed by atoms with E-state index in [0.29, 0.717) is 6.04 Å².